The van der Waals surface area contributed by atoms with Gasteiger partial charge in [0, 0.05) is 23.4 Å². The molecule has 3 N–H and O–H groups in total. The number of nitrogens with zero attached hydrogens (tertiary/aromatic N) is 1. The van der Waals surface area contributed by atoms with Crippen LogP contribution in [0, 0.1) is 24.0 Å². The molecule has 0 aliphatic carbocycles. The van der Waals surface area contributed by atoms with Gasteiger partial charge in [-0.3, -0.25) is 30.6 Å². The molecule has 8 heteroatoms. The zero-order valence-electron chi connectivity index (χ0n) is 13.8. The van der Waals surface area contributed by atoms with Crippen LogP contribution in [0.2, 0.25) is 0 Å². The summed E-state index contributed by atoms with van der Waals surface area (Å²) in [6.07, 6.45) is 0. The van der Waals surface area contributed by atoms with E-state index in [4.69, 9.17) is 0 Å². The summed E-state index contributed by atoms with van der Waals surface area (Å²) in [5.41, 5.74) is 7.34. The lowest BCUT2D eigenvalue weighted by Crippen LogP contribution is -2.44. The molecule has 0 bridgehead atoms. The average Bonchev–Trinajstić information content (AvgIpc) is 2.61. The maximum atomic E-state index is 11.9. The van der Waals surface area contributed by atoms with Crippen molar-refractivity contribution in [3.8, 4) is 0 Å². The molecule has 130 valence electrons. The van der Waals surface area contributed by atoms with Crippen molar-refractivity contribution in [3.63, 3.8) is 0 Å². The Balaban J connectivity index is 1.87. The van der Waals surface area contributed by atoms with Gasteiger partial charge >= 0.3 is 0 Å². The number of carbonyl (C=O) groups is 2. The number of non-ortho nitro benzene ring substituents is 1. The van der Waals surface area contributed by atoms with Crippen LogP contribution in [0.1, 0.15) is 21.5 Å². The molecule has 2 aromatic carbocycles. The summed E-state index contributed by atoms with van der Waals surface area (Å²) in [6.45, 7) is 3.89. The molecular formula is C17H18N4O4. The van der Waals surface area contributed by atoms with Gasteiger partial charge in [0.2, 0.25) is 0 Å². The van der Waals surface area contributed by atoms with Crippen LogP contribution in [0.25, 0.3) is 0 Å². The number of aryl methyl sites for hydroxylation is 1. The number of rotatable bonds is 5. The normalized spacial score (nSPS) is 10.0. The Labute approximate surface area is 144 Å². The van der Waals surface area contributed by atoms with Gasteiger partial charge in [0.05, 0.1) is 11.5 Å². The number of amides is 2. The Morgan fingerprint density at radius 1 is 1.08 bits per heavy atom. The van der Waals surface area contributed by atoms with Gasteiger partial charge in [-0.25, -0.2) is 0 Å². The summed E-state index contributed by atoms with van der Waals surface area (Å²) >= 11 is 0. The largest absolute Gasteiger partial charge is 0.376 e. The molecule has 0 radical (unpaired) electrons. The van der Waals surface area contributed by atoms with Crippen LogP contribution in [0.4, 0.5) is 11.4 Å². The Bertz CT molecular complexity index is 820. The topological polar surface area (TPSA) is 113 Å². The molecule has 0 aliphatic heterocycles. The first-order valence-corrected chi connectivity index (χ1v) is 7.52. The number of carbonyl (C=O) groups excluding carboxylic acids is 2. The summed E-state index contributed by atoms with van der Waals surface area (Å²) in [5, 5.41) is 13.7. The van der Waals surface area contributed by atoms with Gasteiger partial charge < -0.3 is 5.32 Å². The van der Waals surface area contributed by atoms with E-state index in [1.54, 1.807) is 0 Å². The van der Waals surface area contributed by atoms with E-state index in [2.05, 4.69) is 16.2 Å². The highest BCUT2D eigenvalue weighted by Crippen LogP contribution is 2.17. The quantitative estimate of drug-likeness (QED) is 0.569. The monoisotopic (exact) mass is 342 g/mol. The lowest BCUT2D eigenvalue weighted by molar-refractivity contribution is -0.384. The molecule has 2 amide bonds. The molecule has 2 aromatic rings. The van der Waals surface area contributed by atoms with E-state index in [0.29, 0.717) is 0 Å². The Hall–Kier alpha value is -3.42. The summed E-state index contributed by atoms with van der Waals surface area (Å²) in [7, 11) is 0. The Kier molecular flexibility index (Phi) is 5.67. The summed E-state index contributed by atoms with van der Waals surface area (Å²) < 4.78 is 0. The minimum absolute atomic E-state index is 0.0283. The summed E-state index contributed by atoms with van der Waals surface area (Å²) in [4.78, 5) is 33.9. The van der Waals surface area contributed by atoms with Crippen molar-refractivity contribution in [3.05, 3.63) is 69.3 Å². The first kappa shape index (κ1) is 17.9. The first-order valence-electron chi connectivity index (χ1n) is 7.52. The average molecular weight is 342 g/mol. The highest BCUT2D eigenvalue weighted by molar-refractivity contribution is 5.96. The van der Waals surface area contributed by atoms with E-state index >= 15 is 0 Å². The third-order valence-electron chi connectivity index (χ3n) is 3.68. The third-order valence-corrected chi connectivity index (χ3v) is 3.68. The fourth-order valence-electron chi connectivity index (χ4n) is 2.12. The van der Waals surface area contributed by atoms with Gasteiger partial charge in [-0.2, -0.15) is 0 Å². The number of nitrogens with one attached hydrogen (secondary N) is 3. The van der Waals surface area contributed by atoms with E-state index in [9.17, 15) is 19.7 Å². The van der Waals surface area contributed by atoms with E-state index in [1.165, 1.54) is 18.2 Å². The summed E-state index contributed by atoms with van der Waals surface area (Å²) in [5.74, 6) is -1.08. The zero-order valence-corrected chi connectivity index (χ0v) is 13.8. The van der Waals surface area contributed by atoms with Gasteiger partial charge in [0.25, 0.3) is 17.5 Å². The second kappa shape index (κ2) is 7.91. The lowest BCUT2D eigenvalue weighted by atomic mass is 10.1. The maximum Gasteiger partial charge on any atom is 0.270 e. The van der Waals surface area contributed by atoms with Gasteiger partial charge in [0.15, 0.2) is 0 Å². The van der Waals surface area contributed by atoms with E-state index in [0.717, 1.165) is 22.9 Å². The zero-order chi connectivity index (χ0) is 18.4. The minimum atomic E-state index is -0.635. The molecule has 25 heavy (non-hydrogen) atoms. The highest BCUT2D eigenvalue weighted by atomic mass is 16.6. The van der Waals surface area contributed by atoms with E-state index < -0.39 is 16.7 Å². The van der Waals surface area contributed by atoms with Crippen LogP contribution < -0.4 is 16.2 Å². The molecule has 0 saturated carbocycles. The molecular weight excluding hydrogens is 324 g/mol. The summed E-state index contributed by atoms with van der Waals surface area (Å²) in [6, 6.07) is 10.9. The van der Waals surface area contributed by atoms with Gasteiger partial charge in [-0.1, -0.05) is 18.2 Å². The molecule has 0 spiro atoms. The van der Waals surface area contributed by atoms with Crippen molar-refractivity contribution in [2.75, 3.05) is 11.9 Å². The van der Waals surface area contributed by atoms with E-state index in [1.807, 2.05) is 32.0 Å². The van der Waals surface area contributed by atoms with Crippen LogP contribution in [0.5, 0.6) is 0 Å². The molecule has 8 nitrogen and oxygen atoms in total. The molecule has 2 rings (SSSR count). The van der Waals surface area contributed by atoms with Crippen molar-refractivity contribution in [1.82, 2.24) is 10.9 Å². The molecule has 0 atom stereocenters. The predicted octanol–water partition coefficient (Wildman–Crippen LogP) is 2.08. The van der Waals surface area contributed by atoms with Crippen molar-refractivity contribution in [2.45, 2.75) is 13.8 Å². The van der Waals surface area contributed by atoms with Crippen molar-refractivity contribution >= 4 is 23.2 Å². The smallest absolute Gasteiger partial charge is 0.270 e. The fraction of sp³-hybridized carbons (Fsp3) is 0.176. The standard InChI is InChI=1S/C17H18N4O4/c1-11-5-3-8-15(12(11)2)18-10-16(22)19-20-17(23)13-6-4-7-14(9-13)21(24)25/h3-9,18H,10H2,1-2H3,(H,19,22)(H,20,23). The predicted molar refractivity (Wildman–Crippen MR) is 93.1 cm³/mol. The minimum Gasteiger partial charge on any atom is -0.376 e. The highest BCUT2D eigenvalue weighted by Gasteiger charge is 2.12. The van der Waals surface area contributed by atoms with Gasteiger partial charge in [0.1, 0.15) is 0 Å². The molecule has 0 unspecified atom stereocenters. The second-order valence-electron chi connectivity index (χ2n) is 5.41. The number of hydrogen-bond acceptors (Lipinski definition) is 5. The fourth-order valence-corrected chi connectivity index (χ4v) is 2.12. The molecule has 0 fully saturated rings. The lowest BCUT2D eigenvalue weighted by Gasteiger charge is -2.12. The number of nitro groups is 1. The SMILES string of the molecule is Cc1cccc(NCC(=O)NNC(=O)c2cccc([N+](=O)[O-])c2)c1C. The number of benzene rings is 2. The van der Waals surface area contributed by atoms with E-state index in [-0.39, 0.29) is 17.8 Å². The maximum absolute atomic E-state index is 11.9. The van der Waals surface area contributed by atoms with Crippen LogP contribution >= 0.6 is 0 Å². The van der Waals surface area contributed by atoms with Crippen LogP contribution in [-0.2, 0) is 4.79 Å². The molecule has 0 heterocycles. The van der Waals surface area contributed by atoms with Crippen LogP contribution in [0.15, 0.2) is 42.5 Å². The van der Waals surface area contributed by atoms with Crippen molar-refractivity contribution in [2.24, 2.45) is 0 Å². The number of hydrogen-bond donors (Lipinski definition) is 3. The number of anilines is 1. The van der Waals surface area contributed by atoms with Crippen LogP contribution in [0.3, 0.4) is 0 Å². The number of nitro benzene ring substituents is 1. The molecule has 0 aromatic heterocycles. The van der Waals surface area contributed by atoms with Crippen molar-refractivity contribution in [1.29, 1.82) is 0 Å². The van der Waals surface area contributed by atoms with Gasteiger partial charge in [-0.05, 0) is 37.1 Å². The van der Waals surface area contributed by atoms with Gasteiger partial charge in [-0.15, -0.1) is 0 Å². The first-order chi connectivity index (χ1) is 11.9. The third kappa shape index (κ3) is 4.77. The Morgan fingerprint density at radius 2 is 1.80 bits per heavy atom. The number of hydrazine groups is 1. The molecule has 0 saturated heterocycles. The Morgan fingerprint density at radius 3 is 2.52 bits per heavy atom. The van der Waals surface area contributed by atoms with Crippen LogP contribution in [-0.4, -0.2) is 23.3 Å². The van der Waals surface area contributed by atoms with Crippen molar-refractivity contribution < 1.29 is 14.5 Å². The molecule has 0 aliphatic rings. The second-order valence-corrected chi connectivity index (χ2v) is 5.41.